The highest BCUT2D eigenvalue weighted by Crippen LogP contribution is 2.27. The average molecular weight is 345 g/mol. The van der Waals surface area contributed by atoms with Crippen LogP contribution in [0.2, 0.25) is 0 Å². The lowest BCUT2D eigenvalue weighted by Crippen LogP contribution is -1.98. The molecular formula is C8H7BrFIO. The van der Waals surface area contributed by atoms with Crippen molar-refractivity contribution >= 4 is 38.5 Å². The maximum Gasteiger partial charge on any atom is 0.143 e. The molecule has 0 fully saturated rings. The van der Waals surface area contributed by atoms with E-state index >= 15 is 0 Å². The van der Waals surface area contributed by atoms with Crippen LogP contribution < -0.4 is 0 Å². The molecule has 1 aromatic rings. The van der Waals surface area contributed by atoms with Crippen molar-refractivity contribution in [2.45, 2.75) is 13.0 Å². The Labute approximate surface area is 92.3 Å². The lowest BCUT2D eigenvalue weighted by molar-refractivity contribution is 0.194. The third-order valence-corrected chi connectivity index (χ3v) is 3.97. The summed E-state index contributed by atoms with van der Waals surface area (Å²) in [7, 11) is 0. The molecule has 0 aliphatic carbocycles. The fraction of sp³-hybridized carbons (Fsp3) is 0.250. The molecule has 0 bridgehead atoms. The second kappa shape index (κ2) is 4.02. The molecule has 12 heavy (non-hydrogen) atoms. The van der Waals surface area contributed by atoms with E-state index in [-0.39, 0.29) is 5.82 Å². The van der Waals surface area contributed by atoms with Crippen LogP contribution in [0.1, 0.15) is 18.6 Å². The molecule has 0 aliphatic heterocycles. The molecule has 0 saturated carbocycles. The van der Waals surface area contributed by atoms with E-state index in [9.17, 15) is 4.39 Å². The van der Waals surface area contributed by atoms with Crippen LogP contribution in [0.25, 0.3) is 0 Å². The van der Waals surface area contributed by atoms with Crippen molar-refractivity contribution in [3.63, 3.8) is 0 Å². The maximum absolute atomic E-state index is 13.3. The molecule has 1 rings (SSSR count). The first kappa shape index (κ1) is 10.4. The monoisotopic (exact) mass is 344 g/mol. The van der Waals surface area contributed by atoms with Gasteiger partial charge in [-0.05, 0) is 51.5 Å². The van der Waals surface area contributed by atoms with Gasteiger partial charge in [0.1, 0.15) is 5.82 Å². The van der Waals surface area contributed by atoms with Crippen molar-refractivity contribution in [1.29, 1.82) is 0 Å². The second-order valence-electron chi connectivity index (χ2n) is 2.44. The lowest BCUT2D eigenvalue weighted by atomic mass is 10.1. The molecule has 1 nitrogen and oxygen atoms in total. The van der Waals surface area contributed by atoms with Gasteiger partial charge in [-0.15, -0.1) is 0 Å². The van der Waals surface area contributed by atoms with Crippen molar-refractivity contribution in [2.24, 2.45) is 0 Å². The predicted octanol–water partition coefficient (Wildman–Crippen LogP) is 3.25. The van der Waals surface area contributed by atoms with Crippen molar-refractivity contribution < 1.29 is 9.50 Å². The molecule has 1 aromatic carbocycles. The predicted molar refractivity (Wildman–Crippen MR) is 57.5 cm³/mol. The standard InChI is InChI=1S/C8H7BrFIO/c1-4(12)5-2-3-6(9)8(11)7(5)10/h2-4,12H,1H3. The maximum atomic E-state index is 13.3. The Morgan fingerprint density at radius 3 is 2.67 bits per heavy atom. The summed E-state index contributed by atoms with van der Waals surface area (Å²) in [6.07, 6.45) is -0.758. The number of hydrogen-bond acceptors (Lipinski definition) is 1. The fourth-order valence-electron chi connectivity index (χ4n) is 0.863. The number of aliphatic hydroxyl groups is 1. The van der Waals surface area contributed by atoms with E-state index in [0.717, 1.165) is 0 Å². The van der Waals surface area contributed by atoms with E-state index in [1.807, 2.05) is 22.6 Å². The molecule has 66 valence electrons. The molecule has 0 amide bonds. The van der Waals surface area contributed by atoms with Gasteiger partial charge in [0, 0.05) is 10.0 Å². The second-order valence-corrected chi connectivity index (χ2v) is 4.37. The van der Waals surface area contributed by atoms with Crippen LogP contribution in [0, 0.1) is 9.39 Å². The van der Waals surface area contributed by atoms with Crippen LogP contribution in [-0.2, 0) is 0 Å². The van der Waals surface area contributed by atoms with Crippen LogP contribution in [0.4, 0.5) is 4.39 Å². The third kappa shape index (κ3) is 1.97. The van der Waals surface area contributed by atoms with E-state index in [1.165, 1.54) is 0 Å². The third-order valence-electron chi connectivity index (χ3n) is 1.52. The summed E-state index contributed by atoms with van der Waals surface area (Å²) in [4.78, 5) is 0. The van der Waals surface area contributed by atoms with Crippen LogP contribution >= 0.6 is 38.5 Å². The first-order valence-electron chi connectivity index (χ1n) is 3.35. The minimum absolute atomic E-state index is 0.336. The van der Waals surface area contributed by atoms with Gasteiger partial charge in [0.2, 0.25) is 0 Å². The van der Waals surface area contributed by atoms with Gasteiger partial charge in [-0.1, -0.05) is 6.07 Å². The Morgan fingerprint density at radius 1 is 1.58 bits per heavy atom. The zero-order valence-corrected chi connectivity index (χ0v) is 10.1. The van der Waals surface area contributed by atoms with Crippen molar-refractivity contribution in [3.8, 4) is 0 Å². The summed E-state index contributed by atoms with van der Waals surface area (Å²) in [5.41, 5.74) is 0.336. The highest BCUT2D eigenvalue weighted by atomic mass is 127. The summed E-state index contributed by atoms with van der Waals surface area (Å²) < 4.78 is 14.5. The number of halogens is 3. The van der Waals surface area contributed by atoms with Gasteiger partial charge in [0.05, 0.1) is 9.67 Å². The summed E-state index contributed by atoms with van der Waals surface area (Å²) in [6.45, 7) is 1.54. The Bertz CT molecular complexity index is 301. The minimum atomic E-state index is -0.758. The van der Waals surface area contributed by atoms with Gasteiger partial charge in [-0.3, -0.25) is 0 Å². The van der Waals surface area contributed by atoms with E-state index < -0.39 is 6.10 Å². The SMILES string of the molecule is CC(O)c1ccc(Br)c(I)c1F. The lowest BCUT2D eigenvalue weighted by Gasteiger charge is -2.08. The Hall–Kier alpha value is 0.320. The zero-order valence-electron chi connectivity index (χ0n) is 6.31. The highest BCUT2D eigenvalue weighted by Gasteiger charge is 2.12. The molecule has 0 spiro atoms. The minimum Gasteiger partial charge on any atom is -0.389 e. The Balaban J connectivity index is 3.27. The molecule has 1 N–H and O–H groups in total. The van der Waals surface area contributed by atoms with Gasteiger partial charge in [-0.25, -0.2) is 4.39 Å². The van der Waals surface area contributed by atoms with Crippen molar-refractivity contribution in [3.05, 3.63) is 31.6 Å². The summed E-state index contributed by atoms with van der Waals surface area (Å²) >= 11 is 5.10. The summed E-state index contributed by atoms with van der Waals surface area (Å²) in [5, 5.41) is 9.16. The van der Waals surface area contributed by atoms with Gasteiger partial charge < -0.3 is 5.11 Å². The van der Waals surface area contributed by atoms with Crippen LogP contribution in [0.15, 0.2) is 16.6 Å². The number of aliphatic hydroxyl groups excluding tert-OH is 1. The van der Waals surface area contributed by atoms with Gasteiger partial charge in [-0.2, -0.15) is 0 Å². The quantitative estimate of drug-likeness (QED) is 0.612. The normalized spacial score (nSPS) is 13.1. The van der Waals surface area contributed by atoms with E-state index in [4.69, 9.17) is 5.11 Å². The van der Waals surface area contributed by atoms with Crippen molar-refractivity contribution in [2.75, 3.05) is 0 Å². The molecule has 0 aromatic heterocycles. The van der Waals surface area contributed by atoms with Crippen LogP contribution in [0.5, 0.6) is 0 Å². The van der Waals surface area contributed by atoms with E-state index in [1.54, 1.807) is 19.1 Å². The topological polar surface area (TPSA) is 20.2 Å². The summed E-state index contributed by atoms with van der Waals surface area (Å²) in [6, 6.07) is 3.30. The molecule has 0 radical (unpaired) electrons. The molecule has 0 aliphatic rings. The average Bonchev–Trinajstić information content (AvgIpc) is 2.00. The highest BCUT2D eigenvalue weighted by molar-refractivity contribution is 14.1. The molecule has 4 heteroatoms. The van der Waals surface area contributed by atoms with Crippen LogP contribution in [-0.4, -0.2) is 5.11 Å². The number of benzene rings is 1. The fourth-order valence-corrected chi connectivity index (χ4v) is 1.66. The summed E-state index contributed by atoms with van der Waals surface area (Å²) in [5.74, 6) is -0.347. The Kier molecular flexibility index (Phi) is 3.48. The molecule has 1 atom stereocenters. The zero-order chi connectivity index (χ0) is 9.30. The smallest absolute Gasteiger partial charge is 0.143 e. The van der Waals surface area contributed by atoms with Gasteiger partial charge in [0.25, 0.3) is 0 Å². The first-order chi connectivity index (χ1) is 5.54. The van der Waals surface area contributed by atoms with Crippen molar-refractivity contribution in [1.82, 2.24) is 0 Å². The van der Waals surface area contributed by atoms with E-state index in [0.29, 0.717) is 13.6 Å². The van der Waals surface area contributed by atoms with Gasteiger partial charge >= 0.3 is 0 Å². The number of hydrogen-bond donors (Lipinski definition) is 1. The largest absolute Gasteiger partial charge is 0.389 e. The van der Waals surface area contributed by atoms with Gasteiger partial charge in [0.15, 0.2) is 0 Å². The first-order valence-corrected chi connectivity index (χ1v) is 5.22. The van der Waals surface area contributed by atoms with Crippen LogP contribution in [0.3, 0.4) is 0 Å². The molecule has 0 saturated heterocycles. The molecule has 0 heterocycles. The van der Waals surface area contributed by atoms with E-state index in [2.05, 4.69) is 15.9 Å². The number of rotatable bonds is 1. The molecular weight excluding hydrogens is 338 g/mol. The Morgan fingerprint density at radius 2 is 2.17 bits per heavy atom. The molecule has 1 unspecified atom stereocenters.